The lowest BCUT2D eigenvalue weighted by Crippen LogP contribution is -2.32. The molecule has 4 heterocycles. The Hall–Kier alpha value is -5.21. The maximum absolute atomic E-state index is 11.8. The molecule has 13 heteroatoms. The van der Waals surface area contributed by atoms with Crippen LogP contribution in [0.2, 0.25) is 0 Å². The first-order valence-corrected chi connectivity index (χ1v) is 24.3. The zero-order valence-corrected chi connectivity index (χ0v) is 45.4. The number of carbonyl (C=O) groups is 3. The SMILES string of the molecule is C=CC(=O)OC.CC(C)(C)c1cc(Br)c2c(c1)C1Oc3c(Br)cc(C(C)(C)C)cc3C(O2)O1.COC(=O)/C=C/c1cc(C(C)(C)C)cc2c1OC1OC2Oc2c(/C=C/C(C)=O)cc(C(C)(C)C)cc21. The number of fused-ring (bicyclic) bond motifs is 12. The fourth-order valence-electron chi connectivity index (χ4n) is 7.61. The number of hydrogen-bond donors (Lipinski definition) is 0. The van der Waals surface area contributed by atoms with Crippen molar-refractivity contribution >= 4 is 61.7 Å². The van der Waals surface area contributed by atoms with Crippen LogP contribution in [0.25, 0.3) is 12.2 Å². The van der Waals surface area contributed by atoms with Gasteiger partial charge in [0.2, 0.25) is 25.2 Å². The predicted molar refractivity (Wildman–Crippen MR) is 275 cm³/mol. The van der Waals surface area contributed by atoms with Gasteiger partial charge in [0.15, 0.2) is 5.78 Å². The highest BCUT2D eigenvalue weighted by atomic mass is 79.9. The monoisotopic (exact) mass is 1070 g/mol. The van der Waals surface area contributed by atoms with Crippen molar-refractivity contribution in [2.75, 3.05) is 14.2 Å². The van der Waals surface area contributed by atoms with Crippen LogP contribution >= 0.6 is 31.9 Å². The molecule has 0 fully saturated rings. The van der Waals surface area contributed by atoms with Gasteiger partial charge < -0.3 is 28.4 Å². The third-order valence-corrected chi connectivity index (χ3v) is 13.0. The van der Waals surface area contributed by atoms with E-state index < -0.39 is 37.1 Å². The van der Waals surface area contributed by atoms with Crippen molar-refractivity contribution < 1.29 is 52.3 Å². The number of halogens is 2. The van der Waals surface area contributed by atoms with Gasteiger partial charge in [-0.15, -0.1) is 0 Å². The van der Waals surface area contributed by atoms with E-state index in [4.69, 9.17) is 33.2 Å². The smallest absolute Gasteiger partial charge is 0.330 e. The summed E-state index contributed by atoms with van der Waals surface area (Å²) < 4.78 is 48.6. The van der Waals surface area contributed by atoms with Gasteiger partial charge in [0, 0.05) is 23.3 Å². The van der Waals surface area contributed by atoms with E-state index in [1.54, 1.807) is 18.2 Å². The van der Waals surface area contributed by atoms with Crippen molar-refractivity contribution in [3.05, 3.63) is 138 Å². The first-order chi connectivity index (χ1) is 32.0. The molecule has 0 aliphatic carbocycles. The zero-order chi connectivity index (χ0) is 51.1. The lowest BCUT2D eigenvalue weighted by Gasteiger charge is -2.40. The molecule has 4 aromatic carbocycles. The average Bonchev–Trinajstić information content (AvgIpc) is 3.26. The molecule has 368 valence electrons. The fraction of sp³-hybridized carbons (Fsp3) is 0.411. The molecular weight excluding hydrogens is 1010 g/mol. The summed E-state index contributed by atoms with van der Waals surface area (Å²) in [4.78, 5) is 33.4. The molecule has 8 rings (SSSR count). The summed E-state index contributed by atoms with van der Waals surface area (Å²) in [5.41, 5.74) is 9.14. The van der Waals surface area contributed by atoms with Crippen LogP contribution in [0.4, 0.5) is 0 Å². The van der Waals surface area contributed by atoms with Gasteiger partial charge in [0.25, 0.3) is 0 Å². The van der Waals surface area contributed by atoms with E-state index in [1.165, 1.54) is 38.3 Å². The third-order valence-electron chi connectivity index (χ3n) is 11.8. The Morgan fingerprint density at radius 1 is 0.493 bits per heavy atom. The lowest BCUT2D eigenvalue weighted by atomic mass is 9.83. The molecule has 0 aromatic heterocycles. The van der Waals surface area contributed by atoms with Gasteiger partial charge >= 0.3 is 11.9 Å². The Bertz CT molecular complexity index is 2650. The molecule has 11 nitrogen and oxygen atoms in total. The summed E-state index contributed by atoms with van der Waals surface area (Å²) in [5, 5.41) is 0. The highest BCUT2D eigenvalue weighted by Gasteiger charge is 2.43. The van der Waals surface area contributed by atoms with Gasteiger partial charge in [-0.05, 0) is 149 Å². The maximum atomic E-state index is 11.8. The fourth-order valence-corrected chi connectivity index (χ4v) is 8.74. The van der Waals surface area contributed by atoms with Gasteiger partial charge in [0.05, 0.1) is 45.4 Å². The summed E-state index contributed by atoms with van der Waals surface area (Å²) in [5.74, 6) is 1.96. The van der Waals surface area contributed by atoms with Gasteiger partial charge in [-0.1, -0.05) is 89.7 Å². The Balaban J connectivity index is 0.000000209. The molecule has 0 spiro atoms. The Kier molecular flexibility index (Phi) is 15.6. The minimum Gasteiger partial charge on any atom is -0.466 e. The minimum absolute atomic E-state index is 0.0170. The first-order valence-electron chi connectivity index (χ1n) is 22.7. The molecule has 4 aliphatic rings. The third kappa shape index (κ3) is 12.0. The van der Waals surface area contributed by atoms with E-state index in [0.717, 1.165) is 71.0 Å². The number of ether oxygens (including phenoxy) is 8. The number of esters is 2. The van der Waals surface area contributed by atoms with Crippen LogP contribution in [0, 0.1) is 0 Å². The van der Waals surface area contributed by atoms with Crippen molar-refractivity contribution in [2.45, 2.75) is 137 Å². The van der Waals surface area contributed by atoms with Gasteiger partial charge in [-0.3, -0.25) is 14.3 Å². The number of hydrogen-bond acceptors (Lipinski definition) is 11. The molecule has 0 amide bonds. The van der Waals surface area contributed by atoms with E-state index in [-0.39, 0.29) is 27.4 Å². The average molecular weight is 1070 g/mol. The molecule has 4 aliphatic heterocycles. The standard InChI is InChI=1S/C30H34O6.C22H24Br2O3.C4H6O2/c1-17(31)9-10-18-13-20(29(2,3)4)15-22-25(18)34-28-23-16-21(30(5,6)7)14-19(11-12-24(32)33-8)26(23)35-27(22)36-28;1-21(2,3)11-7-13-17(15(23)9-11)25-20-14-8-12(22(4,5)6)10-16(24)18(14)26-19(13)27-20;1-3-4(5)6-2/h9-16,27-28H,1-8H3;7-10,19-20H,1-6H3;3H,1H2,2H3/b10-9+,12-11+;;. The van der Waals surface area contributed by atoms with Crippen LogP contribution in [-0.2, 0) is 55.0 Å². The summed E-state index contributed by atoms with van der Waals surface area (Å²) in [7, 11) is 2.65. The van der Waals surface area contributed by atoms with Crippen molar-refractivity contribution in [2.24, 2.45) is 0 Å². The van der Waals surface area contributed by atoms with E-state index in [1.807, 2.05) is 18.2 Å². The summed E-state index contributed by atoms with van der Waals surface area (Å²) >= 11 is 7.38. The predicted octanol–water partition coefficient (Wildman–Crippen LogP) is 14.2. The van der Waals surface area contributed by atoms with Crippen LogP contribution in [0.3, 0.4) is 0 Å². The summed E-state index contributed by atoms with van der Waals surface area (Å²) in [6.07, 6.45) is 5.14. The van der Waals surface area contributed by atoms with E-state index in [0.29, 0.717) is 11.5 Å². The van der Waals surface area contributed by atoms with E-state index in [9.17, 15) is 14.4 Å². The molecule has 0 saturated carbocycles. The van der Waals surface area contributed by atoms with E-state index in [2.05, 4.69) is 157 Å². The van der Waals surface area contributed by atoms with E-state index >= 15 is 0 Å². The lowest BCUT2D eigenvalue weighted by molar-refractivity contribution is -0.228. The Labute approximate surface area is 423 Å². The van der Waals surface area contributed by atoms with Crippen molar-refractivity contribution in [3.63, 3.8) is 0 Å². The topological polar surface area (TPSA) is 125 Å². The Morgan fingerprint density at radius 2 is 0.797 bits per heavy atom. The van der Waals surface area contributed by atoms with Gasteiger partial charge in [-0.25, -0.2) is 9.59 Å². The second-order valence-corrected chi connectivity index (χ2v) is 23.0. The van der Waals surface area contributed by atoms with Crippen LogP contribution in [-0.4, -0.2) is 31.9 Å². The normalized spacial score (nSPS) is 18.7. The largest absolute Gasteiger partial charge is 0.466 e. The molecule has 69 heavy (non-hydrogen) atoms. The minimum atomic E-state index is -0.705. The number of ketones is 1. The highest BCUT2D eigenvalue weighted by molar-refractivity contribution is 9.11. The van der Waals surface area contributed by atoms with Gasteiger partial charge in [0.1, 0.15) is 23.0 Å². The maximum Gasteiger partial charge on any atom is 0.330 e. The number of benzene rings is 4. The molecule has 4 unspecified atom stereocenters. The summed E-state index contributed by atoms with van der Waals surface area (Å²) in [6.45, 7) is 30.5. The summed E-state index contributed by atoms with van der Waals surface area (Å²) in [6, 6.07) is 16.7. The quantitative estimate of drug-likeness (QED) is 0.140. The molecule has 4 aromatic rings. The van der Waals surface area contributed by atoms with Crippen molar-refractivity contribution in [3.8, 4) is 23.0 Å². The second-order valence-electron chi connectivity index (χ2n) is 21.3. The van der Waals surface area contributed by atoms with Crippen LogP contribution in [0.5, 0.6) is 23.0 Å². The number of rotatable bonds is 5. The highest BCUT2D eigenvalue weighted by Crippen LogP contribution is 2.54. The number of carbonyl (C=O) groups excluding carboxylic acids is 3. The molecule has 0 N–H and O–H groups in total. The first kappa shape index (κ1) is 53.1. The molecular formula is C56H64Br2O11. The van der Waals surface area contributed by atoms with Crippen LogP contribution in [0.1, 0.15) is 171 Å². The molecule has 0 saturated heterocycles. The number of allylic oxidation sites excluding steroid dienone is 1. The number of methoxy groups -OCH3 is 2. The van der Waals surface area contributed by atoms with Crippen molar-refractivity contribution in [1.82, 2.24) is 0 Å². The van der Waals surface area contributed by atoms with Crippen LogP contribution < -0.4 is 18.9 Å². The molecule has 4 atom stereocenters. The van der Waals surface area contributed by atoms with Crippen LogP contribution in [0.15, 0.2) is 82.3 Å². The molecule has 0 radical (unpaired) electrons. The molecule has 4 bridgehead atoms. The second kappa shape index (κ2) is 20.3. The van der Waals surface area contributed by atoms with Gasteiger partial charge in [-0.2, -0.15) is 0 Å². The van der Waals surface area contributed by atoms with Crippen molar-refractivity contribution in [1.29, 1.82) is 0 Å². The Morgan fingerprint density at radius 3 is 1.09 bits per heavy atom. The zero-order valence-electron chi connectivity index (χ0n) is 42.3.